The highest BCUT2D eigenvalue weighted by Crippen LogP contribution is 2.39. The van der Waals surface area contributed by atoms with Crippen molar-refractivity contribution in [1.29, 1.82) is 0 Å². The normalized spacial score (nSPS) is 29.2. The molecule has 2 aliphatic rings. The van der Waals surface area contributed by atoms with E-state index in [1.165, 1.54) is 0 Å². The molecule has 3 N–H and O–H groups in total. The van der Waals surface area contributed by atoms with Gasteiger partial charge in [-0.2, -0.15) is 0 Å². The Labute approximate surface area is 102 Å². The highest BCUT2D eigenvalue weighted by molar-refractivity contribution is 5.79. The Kier molecular flexibility index (Phi) is 3.70. The van der Waals surface area contributed by atoms with Gasteiger partial charge in [0.05, 0.1) is 6.61 Å². The molecule has 98 valence electrons. The Balaban J connectivity index is 1.89. The second-order valence-electron chi connectivity index (χ2n) is 5.46. The van der Waals surface area contributed by atoms with Gasteiger partial charge in [-0.1, -0.05) is 0 Å². The van der Waals surface area contributed by atoms with Crippen LogP contribution in [0.15, 0.2) is 0 Å². The van der Waals surface area contributed by atoms with E-state index in [1.807, 2.05) is 0 Å². The minimum atomic E-state index is -1.04. The third-order valence-electron chi connectivity index (χ3n) is 3.96. The summed E-state index contributed by atoms with van der Waals surface area (Å²) >= 11 is 0. The number of carboxylic acid groups (broad SMARTS) is 1. The molecule has 5 nitrogen and oxygen atoms in total. The van der Waals surface area contributed by atoms with Crippen molar-refractivity contribution in [3.05, 3.63) is 0 Å². The molecule has 1 aliphatic carbocycles. The van der Waals surface area contributed by atoms with Crippen LogP contribution in [0.2, 0.25) is 0 Å². The van der Waals surface area contributed by atoms with Gasteiger partial charge in [0.25, 0.3) is 0 Å². The van der Waals surface area contributed by atoms with Gasteiger partial charge in [0.15, 0.2) is 0 Å². The first-order valence-electron chi connectivity index (χ1n) is 6.30. The topological polar surface area (TPSA) is 75.8 Å². The zero-order valence-corrected chi connectivity index (χ0v) is 10.4. The predicted molar refractivity (Wildman–Crippen MR) is 63.7 cm³/mol. The third-order valence-corrected chi connectivity index (χ3v) is 3.96. The van der Waals surface area contributed by atoms with Crippen LogP contribution in [0.5, 0.6) is 0 Å². The molecule has 1 aliphatic heterocycles. The summed E-state index contributed by atoms with van der Waals surface area (Å²) in [5.74, 6) is -0.158. The molecule has 0 spiro atoms. The highest BCUT2D eigenvalue weighted by atomic mass is 16.5. The lowest BCUT2D eigenvalue weighted by molar-refractivity contribution is -0.145. The summed E-state index contributed by atoms with van der Waals surface area (Å²) in [6.45, 7) is 3.08. The SMILES string of the molecule is COCC1CCN(CC(N)(C(=O)O)C2CC2)C1. The molecule has 2 atom stereocenters. The smallest absolute Gasteiger partial charge is 0.325 e. The lowest BCUT2D eigenvalue weighted by Gasteiger charge is -2.30. The zero-order chi connectivity index (χ0) is 12.5. The van der Waals surface area contributed by atoms with Crippen LogP contribution in [0.25, 0.3) is 0 Å². The van der Waals surface area contributed by atoms with E-state index < -0.39 is 11.5 Å². The van der Waals surface area contributed by atoms with Crippen molar-refractivity contribution in [2.75, 3.05) is 33.4 Å². The van der Waals surface area contributed by atoms with Gasteiger partial charge in [-0.25, -0.2) is 0 Å². The molecule has 1 saturated heterocycles. The Hall–Kier alpha value is -0.650. The van der Waals surface area contributed by atoms with Crippen molar-refractivity contribution in [3.63, 3.8) is 0 Å². The van der Waals surface area contributed by atoms with Crippen LogP contribution in [0.4, 0.5) is 0 Å². The molecule has 2 unspecified atom stereocenters. The summed E-state index contributed by atoms with van der Waals surface area (Å²) in [5.41, 5.74) is 5.03. The number of carboxylic acids is 1. The summed E-state index contributed by atoms with van der Waals surface area (Å²) in [4.78, 5) is 13.5. The van der Waals surface area contributed by atoms with Gasteiger partial charge in [-0.05, 0) is 37.6 Å². The Morgan fingerprint density at radius 3 is 2.76 bits per heavy atom. The third kappa shape index (κ3) is 2.78. The molecule has 2 rings (SSSR count). The first-order chi connectivity index (χ1) is 8.06. The molecule has 5 heteroatoms. The molecule has 0 aromatic rings. The minimum absolute atomic E-state index is 0.168. The van der Waals surface area contributed by atoms with E-state index in [0.717, 1.165) is 39.0 Å². The maximum atomic E-state index is 11.3. The number of nitrogens with zero attached hydrogens (tertiary/aromatic N) is 1. The number of likely N-dealkylation sites (tertiary alicyclic amines) is 1. The summed E-state index contributed by atoms with van der Waals surface area (Å²) in [5, 5.41) is 9.30. The number of rotatable bonds is 6. The number of methoxy groups -OCH3 is 1. The van der Waals surface area contributed by atoms with E-state index in [4.69, 9.17) is 10.5 Å². The predicted octanol–water partition coefficient (Wildman–Crippen LogP) is 0.147. The number of hydrogen-bond donors (Lipinski definition) is 2. The van der Waals surface area contributed by atoms with Crippen LogP contribution < -0.4 is 5.73 Å². The number of aliphatic carboxylic acids is 1. The lowest BCUT2D eigenvalue weighted by Crippen LogP contribution is -2.57. The largest absolute Gasteiger partial charge is 0.480 e. The number of ether oxygens (including phenoxy) is 1. The Morgan fingerprint density at radius 1 is 1.53 bits per heavy atom. The van der Waals surface area contributed by atoms with Crippen molar-refractivity contribution in [2.45, 2.75) is 24.8 Å². The molecular formula is C12H22N2O3. The summed E-state index contributed by atoms with van der Waals surface area (Å²) < 4.78 is 5.14. The van der Waals surface area contributed by atoms with E-state index >= 15 is 0 Å². The quantitative estimate of drug-likeness (QED) is 0.693. The van der Waals surface area contributed by atoms with Crippen LogP contribution >= 0.6 is 0 Å². The standard InChI is InChI=1S/C12H22N2O3/c1-17-7-9-4-5-14(6-9)8-12(13,11(15)16)10-2-3-10/h9-10H,2-8,13H2,1H3,(H,15,16). The molecule has 0 aromatic heterocycles. The monoisotopic (exact) mass is 242 g/mol. The molecule has 0 radical (unpaired) electrons. The fraction of sp³-hybridized carbons (Fsp3) is 0.917. The zero-order valence-electron chi connectivity index (χ0n) is 10.4. The first-order valence-corrected chi connectivity index (χ1v) is 6.30. The number of carbonyl (C=O) groups is 1. The van der Waals surface area contributed by atoms with E-state index in [9.17, 15) is 9.90 Å². The molecule has 0 bridgehead atoms. The van der Waals surface area contributed by atoms with Gasteiger partial charge >= 0.3 is 5.97 Å². The Bertz CT molecular complexity index is 293. The molecular weight excluding hydrogens is 220 g/mol. The highest BCUT2D eigenvalue weighted by Gasteiger charge is 2.49. The van der Waals surface area contributed by atoms with Crippen molar-refractivity contribution in [3.8, 4) is 0 Å². The maximum absolute atomic E-state index is 11.3. The fourth-order valence-corrected chi connectivity index (χ4v) is 2.77. The van der Waals surface area contributed by atoms with Crippen LogP contribution in [0, 0.1) is 11.8 Å². The van der Waals surface area contributed by atoms with Crippen molar-refractivity contribution < 1.29 is 14.6 Å². The second kappa shape index (κ2) is 4.92. The summed E-state index contributed by atoms with van der Waals surface area (Å²) in [7, 11) is 1.71. The number of hydrogen-bond acceptors (Lipinski definition) is 4. The van der Waals surface area contributed by atoms with Crippen molar-refractivity contribution in [1.82, 2.24) is 4.90 Å². The lowest BCUT2D eigenvalue weighted by atomic mass is 9.94. The Morgan fingerprint density at radius 2 is 2.24 bits per heavy atom. The molecule has 1 saturated carbocycles. The van der Waals surface area contributed by atoms with E-state index in [1.54, 1.807) is 7.11 Å². The fourth-order valence-electron chi connectivity index (χ4n) is 2.77. The van der Waals surface area contributed by atoms with Gasteiger partial charge in [0, 0.05) is 20.2 Å². The van der Waals surface area contributed by atoms with E-state index in [2.05, 4.69) is 4.90 Å². The molecule has 0 aromatic carbocycles. The van der Waals surface area contributed by atoms with Crippen LogP contribution in [-0.4, -0.2) is 54.9 Å². The van der Waals surface area contributed by atoms with E-state index in [0.29, 0.717) is 12.5 Å². The first kappa shape index (κ1) is 12.8. The summed E-state index contributed by atoms with van der Waals surface area (Å²) in [6.07, 6.45) is 2.99. The number of nitrogens with two attached hydrogens (primary N) is 1. The average Bonchev–Trinajstić information content (AvgIpc) is 3.03. The summed E-state index contributed by atoms with van der Waals surface area (Å²) in [6, 6.07) is 0. The van der Waals surface area contributed by atoms with Gasteiger partial charge in [0.2, 0.25) is 0 Å². The maximum Gasteiger partial charge on any atom is 0.325 e. The van der Waals surface area contributed by atoms with Crippen LogP contribution in [0.1, 0.15) is 19.3 Å². The molecule has 1 heterocycles. The van der Waals surface area contributed by atoms with Crippen LogP contribution in [0.3, 0.4) is 0 Å². The van der Waals surface area contributed by atoms with Crippen molar-refractivity contribution in [2.24, 2.45) is 17.6 Å². The van der Waals surface area contributed by atoms with Gasteiger partial charge in [-0.15, -0.1) is 0 Å². The van der Waals surface area contributed by atoms with Gasteiger partial charge in [-0.3, -0.25) is 4.79 Å². The van der Waals surface area contributed by atoms with Gasteiger partial charge in [0.1, 0.15) is 5.54 Å². The van der Waals surface area contributed by atoms with E-state index in [-0.39, 0.29) is 5.92 Å². The van der Waals surface area contributed by atoms with Crippen LogP contribution in [-0.2, 0) is 9.53 Å². The van der Waals surface area contributed by atoms with Crippen molar-refractivity contribution >= 4 is 5.97 Å². The molecule has 17 heavy (non-hydrogen) atoms. The average molecular weight is 242 g/mol. The minimum Gasteiger partial charge on any atom is -0.480 e. The molecule has 2 fully saturated rings. The van der Waals surface area contributed by atoms with Gasteiger partial charge < -0.3 is 20.5 Å². The second-order valence-corrected chi connectivity index (χ2v) is 5.46. The molecule has 0 amide bonds.